The van der Waals surface area contributed by atoms with Crippen LogP contribution < -0.4 is 11.1 Å². The first kappa shape index (κ1) is 19.0. The molecular formula is C19H17N9O2. The molecule has 0 saturated heterocycles. The van der Waals surface area contributed by atoms with Gasteiger partial charge in [0.15, 0.2) is 17.3 Å². The standard InChI is InChI=1S/C19H17N9O2/c1-19(6-16(29)27(2)18(21)26-19)14-5-11(3-4-22-14)25-17(30)13-10-28-9-12(7-20)24-15(28)8-23-13/h3-5,8-10H,6H2,1-2H3,(H2,21,26)(H,22,25,30). The van der Waals surface area contributed by atoms with Gasteiger partial charge in [-0.3, -0.25) is 19.5 Å². The number of hydrogen-bond acceptors (Lipinski definition) is 8. The zero-order chi connectivity index (χ0) is 21.5. The number of pyridine rings is 1. The summed E-state index contributed by atoms with van der Waals surface area (Å²) in [6, 6.07) is 5.21. The van der Waals surface area contributed by atoms with Crippen molar-refractivity contribution in [3.8, 4) is 6.07 Å². The van der Waals surface area contributed by atoms with Crippen molar-refractivity contribution in [1.82, 2.24) is 24.3 Å². The maximum atomic E-state index is 12.6. The predicted octanol–water partition coefficient (Wildman–Crippen LogP) is 0.640. The van der Waals surface area contributed by atoms with Gasteiger partial charge in [-0.25, -0.2) is 15.0 Å². The molecule has 1 atom stereocenters. The van der Waals surface area contributed by atoms with Crippen molar-refractivity contribution in [3.63, 3.8) is 0 Å². The first-order valence-corrected chi connectivity index (χ1v) is 8.94. The zero-order valence-electron chi connectivity index (χ0n) is 16.2. The lowest BCUT2D eigenvalue weighted by Gasteiger charge is -2.32. The molecular weight excluding hydrogens is 386 g/mol. The summed E-state index contributed by atoms with van der Waals surface area (Å²) in [6.07, 6.45) is 6.04. The number of nitrogens with two attached hydrogens (primary N) is 1. The Hall–Kier alpha value is -4.33. The lowest BCUT2D eigenvalue weighted by Crippen LogP contribution is -2.47. The highest BCUT2D eigenvalue weighted by molar-refractivity contribution is 6.03. The number of carbonyl (C=O) groups is 2. The van der Waals surface area contributed by atoms with Crippen molar-refractivity contribution in [3.05, 3.63) is 54.0 Å². The van der Waals surface area contributed by atoms with E-state index >= 15 is 0 Å². The Kier molecular flexibility index (Phi) is 4.39. The van der Waals surface area contributed by atoms with Gasteiger partial charge in [0.25, 0.3) is 5.91 Å². The lowest BCUT2D eigenvalue weighted by atomic mass is 9.91. The lowest BCUT2D eigenvalue weighted by molar-refractivity contribution is -0.128. The maximum Gasteiger partial charge on any atom is 0.275 e. The van der Waals surface area contributed by atoms with Crippen molar-refractivity contribution in [2.45, 2.75) is 18.9 Å². The zero-order valence-corrected chi connectivity index (χ0v) is 16.2. The Morgan fingerprint density at radius 1 is 1.37 bits per heavy atom. The molecule has 4 rings (SSSR count). The van der Waals surface area contributed by atoms with Gasteiger partial charge in [0, 0.05) is 31.3 Å². The van der Waals surface area contributed by atoms with Crippen LogP contribution >= 0.6 is 0 Å². The Labute approximate surface area is 170 Å². The highest BCUT2D eigenvalue weighted by atomic mass is 16.2. The Morgan fingerprint density at radius 2 is 2.17 bits per heavy atom. The second-order valence-corrected chi connectivity index (χ2v) is 7.03. The molecule has 4 heterocycles. The Morgan fingerprint density at radius 3 is 2.90 bits per heavy atom. The summed E-state index contributed by atoms with van der Waals surface area (Å²) in [5.74, 6) is -0.510. The van der Waals surface area contributed by atoms with Crippen molar-refractivity contribution < 1.29 is 9.59 Å². The van der Waals surface area contributed by atoms with Crippen LogP contribution in [-0.2, 0) is 10.3 Å². The average Bonchev–Trinajstić information content (AvgIpc) is 3.14. The monoisotopic (exact) mass is 403 g/mol. The number of aliphatic imine (C=N–C) groups is 1. The molecule has 0 fully saturated rings. The van der Waals surface area contributed by atoms with Crippen molar-refractivity contribution >= 4 is 29.1 Å². The van der Waals surface area contributed by atoms with Gasteiger partial charge in [-0.05, 0) is 19.1 Å². The topological polar surface area (TPSA) is 155 Å². The smallest absolute Gasteiger partial charge is 0.275 e. The Balaban J connectivity index is 1.60. The van der Waals surface area contributed by atoms with Gasteiger partial charge in [0.05, 0.1) is 18.3 Å². The van der Waals surface area contributed by atoms with Crippen molar-refractivity contribution in [2.24, 2.45) is 10.7 Å². The number of aromatic nitrogens is 4. The molecule has 0 spiro atoms. The molecule has 0 radical (unpaired) electrons. The minimum absolute atomic E-state index is 0.106. The van der Waals surface area contributed by atoms with Gasteiger partial charge in [0.1, 0.15) is 17.3 Å². The van der Waals surface area contributed by atoms with Crippen LogP contribution in [-0.4, -0.2) is 49.1 Å². The molecule has 1 aliphatic heterocycles. The third kappa shape index (κ3) is 3.30. The van der Waals surface area contributed by atoms with Crippen LogP contribution in [0.2, 0.25) is 0 Å². The fourth-order valence-electron chi connectivity index (χ4n) is 3.12. The van der Waals surface area contributed by atoms with Gasteiger partial charge in [-0.1, -0.05) is 0 Å². The van der Waals surface area contributed by atoms with Gasteiger partial charge in [0.2, 0.25) is 5.91 Å². The van der Waals surface area contributed by atoms with Gasteiger partial charge in [-0.15, -0.1) is 0 Å². The van der Waals surface area contributed by atoms with E-state index in [1.807, 2.05) is 6.07 Å². The number of anilines is 1. The largest absolute Gasteiger partial charge is 0.369 e. The van der Waals surface area contributed by atoms with E-state index in [0.717, 1.165) is 0 Å². The summed E-state index contributed by atoms with van der Waals surface area (Å²) < 4.78 is 1.56. The molecule has 2 amide bonds. The molecule has 0 aromatic carbocycles. The van der Waals surface area contributed by atoms with Crippen LogP contribution in [0.5, 0.6) is 0 Å². The number of carbonyl (C=O) groups excluding carboxylic acids is 2. The van der Waals surface area contributed by atoms with Crippen molar-refractivity contribution in [1.29, 1.82) is 5.26 Å². The maximum absolute atomic E-state index is 12.6. The number of rotatable bonds is 3. The molecule has 3 aromatic rings. The van der Waals surface area contributed by atoms with Gasteiger partial charge < -0.3 is 15.5 Å². The number of nitrogens with one attached hydrogen (secondary N) is 1. The highest BCUT2D eigenvalue weighted by Gasteiger charge is 2.37. The van der Waals surface area contributed by atoms with Crippen LogP contribution in [0.25, 0.3) is 5.65 Å². The molecule has 30 heavy (non-hydrogen) atoms. The van der Waals surface area contributed by atoms with Crippen LogP contribution in [0.4, 0.5) is 5.69 Å². The fourth-order valence-corrected chi connectivity index (χ4v) is 3.12. The number of amides is 2. The third-order valence-electron chi connectivity index (χ3n) is 4.83. The van der Waals surface area contributed by atoms with E-state index in [2.05, 4.69) is 25.3 Å². The molecule has 1 unspecified atom stereocenters. The van der Waals surface area contributed by atoms with Crippen LogP contribution in [0, 0.1) is 11.3 Å². The summed E-state index contributed by atoms with van der Waals surface area (Å²) in [7, 11) is 1.56. The fraction of sp³-hybridized carbons (Fsp3) is 0.211. The number of nitriles is 1. The van der Waals surface area contributed by atoms with Gasteiger partial charge in [-0.2, -0.15) is 5.26 Å². The molecule has 1 aliphatic rings. The van der Waals surface area contributed by atoms with Crippen LogP contribution in [0.3, 0.4) is 0 Å². The summed E-state index contributed by atoms with van der Waals surface area (Å²) in [6.45, 7) is 1.76. The average molecular weight is 403 g/mol. The van der Waals surface area contributed by atoms with E-state index < -0.39 is 11.4 Å². The number of fused-ring (bicyclic) bond motifs is 1. The highest BCUT2D eigenvalue weighted by Crippen LogP contribution is 2.32. The molecule has 0 bridgehead atoms. The molecule has 11 heteroatoms. The van der Waals surface area contributed by atoms with E-state index in [9.17, 15) is 9.59 Å². The molecule has 150 valence electrons. The number of guanidine groups is 1. The number of imidazole rings is 1. The van der Waals surface area contributed by atoms with E-state index in [0.29, 0.717) is 17.0 Å². The molecule has 3 aromatic heterocycles. The first-order valence-electron chi connectivity index (χ1n) is 8.94. The summed E-state index contributed by atoms with van der Waals surface area (Å²) in [5, 5.41) is 11.7. The first-order chi connectivity index (χ1) is 14.3. The summed E-state index contributed by atoms with van der Waals surface area (Å²) in [4.78, 5) is 43.0. The molecule has 0 aliphatic carbocycles. The summed E-state index contributed by atoms with van der Waals surface area (Å²) >= 11 is 0. The summed E-state index contributed by atoms with van der Waals surface area (Å²) in [5.41, 5.74) is 6.73. The molecule has 3 N–H and O–H groups in total. The second-order valence-electron chi connectivity index (χ2n) is 7.03. The Bertz CT molecular complexity index is 1260. The number of nitrogens with zero attached hydrogens (tertiary/aromatic N) is 7. The minimum atomic E-state index is -0.934. The SMILES string of the molecule is CN1C(=O)CC(C)(c2cc(NC(=O)c3cn4cc(C#N)nc4cn3)ccn2)N=C1N. The van der Waals surface area contributed by atoms with Crippen molar-refractivity contribution in [2.75, 3.05) is 12.4 Å². The number of hydrogen-bond donors (Lipinski definition) is 2. The normalized spacial score (nSPS) is 18.8. The van der Waals surface area contributed by atoms with E-state index in [1.165, 1.54) is 29.7 Å². The van der Waals surface area contributed by atoms with E-state index in [4.69, 9.17) is 11.0 Å². The molecule has 11 nitrogen and oxygen atoms in total. The minimum Gasteiger partial charge on any atom is -0.369 e. The van der Waals surface area contributed by atoms with Gasteiger partial charge >= 0.3 is 0 Å². The van der Waals surface area contributed by atoms with E-state index in [-0.39, 0.29) is 29.7 Å². The predicted molar refractivity (Wildman–Crippen MR) is 106 cm³/mol. The van der Waals surface area contributed by atoms with Crippen LogP contribution in [0.15, 0.2) is 41.9 Å². The quantitative estimate of drug-likeness (QED) is 0.650. The van der Waals surface area contributed by atoms with Crippen LogP contribution in [0.1, 0.15) is 35.2 Å². The second kappa shape index (κ2) is 6.93. The molecule has 0 saturated carbocycles. The third-order valence-corrected chi connectivity index (χ3v) is 4.83. The van der Waals surface area contributed by atoms with E-state index in [1.54, 1.807) is 30.5 Å².